The van der Waals surface area contributed by atoms with Crippen LogP contribution in [0.25, 0.3) is 28.2 Å². The highest BCUT2D eigenvalue weighted by Crippen LogP contribution is 2.34. The molecule has 2 heteroatoms. The number of nitrogens with zero attached hydrogens (tertiary/aromatic N) is 1. The van der Waals surface area contributed by atoms with Gasteiger partial charge in [-0.3, -0.25) is 0 Å². The van der Waals surface area contributed by atoms with E-state index in [1.807, 2.05) is 0 Å². The van der Waals surface area contributed by atoms with Crippen molar-refractivity contribution >= 4 is 44.2 Å². The van der Waals surface area contributed by atoms with Gasteiger partial charge >= 0.3 is 0 Å². The predicted octanol–water partition coefficient (Wildman–Crippen LogP) is 7.33. The number of rotatable bonds is 3. The van der Waals surface area contributed by atoms with Gasteiger partial charge in [0.1, 0.15) is 0 Å². The second-order valence-corrected chi connectivity index (χ2v) is 7.61. The molecular formula is C24H22BrN. The lowest BCUT2D eigenvalue weighted by Gasteiger charge is -2.13. The van der Waals surface area contributed by atoms with Gasteiger partial charge in [0, 0.05) is 21.2 Å². The molecule has 0 fully saturated rings. The highest BCUT2D eigenvalue weighted by atomic mass is 79.9. The number of allylic oxidation sites excluding steroid dienone is 5. The molecular weight excluding hydrogens is 382 g/mol. The molecule has 0 atom stereocenters. The van der Waals surface area contributed by atoms with E-state index in [-0.39, 0.29) is 0 Å². The summed E-state index contributed by atoms with van der Waals surface area (Å²) in [5.41, 5.74) is 7.79. The maximum Gasteiger partial charge on any atom is 0.0534 e. The van der Waals surface area contributed by atoms with E-state index in [0.29, 0.717) is 0 Å². The van der Waals surface area contributed by atoms with Crippen LogP contribution in [-0.4, -0.2) is 4.57 Å². The SMILES string of the molecule is C/C=C(\C=C(/C)n1c2c(c3ccccc31)CCC=C2)c1cccc(Br)c1. The fourth-order valence-electron chi connectivity index (χ4n) is 3.86. The number of benzene rings is 2. The maximum atomic E-state index is 3.58. The number of hydrogen-bond donors (Lipinski definition) is 0. The quantitative estimate of drug-likeness (QED) is 0.403. The van der Waals surface area contributed by atoms with Gasteiger partial charge in [0.05, 0.1) is 5.52 Å². The number of para-hydroxylation sites is 1. The summed E-state index contributed by atoms with van der Waals surface area (Å²) in [6, 6.07) is 17.2. The number of aromatic nitrogens is 1. The third-order valence-electron chi connectivity index (χ3n) is 5.04. The third kappa shape index (κ3) is 2.99. The average Bonchev–Trinajstić information content (AvgIpc) is 3.00. The van der Waals surface area contributed by atoms with Crippen LogP contribution in [0.3, 0.4) is 0 Å². The molecule has 4 rings (SSSR count). The van der Waals surface area contributed by atoms with Crippen molar-refractivity contribution in [1.82, 2.24) is 4.57 Å². The Morgan fingerprint density at radius 3 is 2.77 bits per heavy atom. The molecule has 0 saturated heterocycles. The Morgan fingerprint density at radius 2 is 1.96 bits per heavy atom. The molecule has 1 aliphatic carbocycles. The second kappa shape index (κ2) is 7.13. The fraction of sp³-hybridized carbons (Fsp3) is 0.167. The molecule has 0 aliphatic heterocycles. The number of halogens is 1. The largest absolute Gasteiger partial charge is 0.314 e. The number of hydrogen-bond acceptors (Lipinski definition) is 0. The minimum absolute atomic E-state index is 1.10. The predicted molar refractivity (Wildman–Crippen MR) is 117 cm³/mol. The summed E-state index contributed by atoms with van der Waals surface area (Å²) >= 11 is 3.58. The van der Waals surface area contributed by atoms with Gasteiger partial charge in [0.2, 0.25) is 0 Å². The molecule has 130 valence electrons. The molecule has 0 saturated carbocycles. The van der Waals surface area contributed by atoms with Crippen molar-refractivity contribution in [3.8, 4) is 0 Å². The summed E-state index contributed by atoms with van der Waals surface area (Å²) in [5.74, 6) is 0. The van der Waals surface area contributed by atoms with Crippen LogP contribution in [0.1, 0.15) is 37.1 Å². The molecule has 0 amide bonds. The standard InChI is InChI=1S/C24H22BrN/c1-3-18(19-9-8-10-20(25)16-19)15-17(2)26-23-13-6-4-11-21(23)22-12-5-7-14-24(22)26/h3-4,6-11,13-16H,5,12H2,1-2H3/b17-15+,18-3+. The molecule has 0 N–H and O–H groups in total. The average molecular weight is 404 g/mol. The zero-order chi connectivity index (χ0) is 18.1. The van der Waals surface area contributed by atoms with E-state index in [2.05, 4.69) is 107 Å². The Morgan fingerprint density at radius 1 is 1.12 bits per heavy atom. The van der Waals surface area contributed by atoms with Crippen LogP contribution in [0, 0.1) is 0 Å². The second-order valence-electron chi connectivity index (χ2n) is 6.70. The molecule has 0 bridgehead atoms. The van der Waals surface area contributed by atoms with Crippen LogP contribution in [0.15, 0.2) is 71.2 Å². The number of aryl methyl sites for hydroxylation is 1. The number of fused-ring (bicyclic) bond motifs is 3. The first-order valence-electron chi connectivity index (χ1n) is 9.09. The summed E-state index contributed by atoms with van der Waals surface area (Å²) in [5, 5.41) is 1.38. The molecule has 1 aliphatic rings. The van der Waals surface area contributed by atoms with Crippen molar-refractivity contribution in [3.05, 3.63) is 88.1 Å². The molecule has 1 nitrogen and oxygen atoms in total. The van der Waals surface area contributed by atoms with Gasteiger partial charge in [-0.1, -0.05) is 58.4 Å². The molecule has 1 aromatic heterocycles. The Bertz CT molecular complexity index is 1060. The topological polar surface area (TPSA) is 4.93 Å². The van der Waals surface area contributed by atoms with E-state index in [1.54, 1.807) is 0 Å². The lowest BCUT2D eigenvalue weighted by atomic mass is 10.0. The summed E-state index contributed by atoms with van der Waals surface area (Å²) < 4.78 is 3.51. The molecule has 0 spiro atoms. The van der Waals surface area contributed by atoms with Crippen LogP contribution >= 0.6 is 15.9 Å². The van der Waals surface area contributed by atoms with E-state index in [1.165, 1.54) is 39.0 Å². The Labute approximate surface area is 163 Å². The Balaban J connectivity index is 1.88. The van der Waals surface area contributed by atoms with Gasteiger partial charge in [-0.2, -0.15) is 0 Å². The molecule has 2 aromatic carbocycles. The lowest BCUT2D eigenvalue weighted by Crippen LogP contribution is -2.00. The lowest BCUT2D eigenvalue weighted by molar-refractivity contribution is 0.971. The van der Waals surface area contributed by atoms with Gasteiger partial charge in [-0.25, -0.2) is 0 Å². The van der Waals surface area contributed by atoms with E-state index < -0.39 is 0 Å². The van der Waals surface area contributed by atoms with Crippen LogP contribution in [0.5, 0.6) is 0 Å². The van der Waals surface area contributed by atoms with E-state index in [9.17, 15) is 0 Å². The third-order valence-corrected chi connectivity index (χ3v) is 5.54. The molecule has 3 aromatic rings. The highest BCUT2D eigenvalue weighted by molar-refractivity contribution is 9.10. The molecule has 26 heavy (non-hydrogen) atoms. The Hall–Kier alpha value is -2.32. The summed E-state index contributed by atoms with van der Waals surface area (Å²) in [6.07, 6.45) is 11.3. The Kier molecular flexibility index (Phi) is 4.69. The van der Waals surface area contributed by atoms with Gasteiger partial charge in [-0.15, -0.1) is 0 Å². The van der Waals surface area contributed by atoms with Crippen molar-refractivity contribution in [2.75, 3.05) is 0 Å². The summed E-state index contributed by atoms with van der Waals surface area (Å²) in [6.45, 7) is 4.31. The van der Waals surface area contributed by atoms with Crippen molar-refractivity contribution < 1.29 is 0 Å². The van der Waals surface area contributed by atoms with Gasteiger partial charge in [0.25, 0.3) is 0 Å². The van der Waals surface area contributed by atoms with Crippen molar-refractivity contribution in [3.63, 3.8) is 0 Å². The molecule has 0 radical (unpaired) electrons. The monoisotopic (exact) mass is 403 g/mol. The first-order chi connectivity index (χ1) is 12.7. The minimum atomic E-state index is 1.10. The zero-order valence-corrected chi connectivity index (χ0v) is 16.8. The zero-order valence-electron chi connectivity index (χ0n) is 15.2. The normalized spacial score (nSPS) is 14.7. The van der Waals surface area contributed by atoms with Crippen LogP contribution in [0.2, 0.25) is 0 Å². The van der Waals surface area contributed by atoms with E-state index in [4.69, 9.17) is 0 Å². The van der Waals surface area contributed by atoms with Crippen LogP contribution < -0.4 is 0 Å². The smallest absolute Gasteiger partial charge is 0.0534 e. The maximum absolute atomic E-state index is 3.58. The highest BCUT2D eigenvalue weighted by Gasteiger charge is 2.17. The van der Waals surface area contributed by atoms with E-state index in [0.717, 1.165) is 17.3 Å². The first-order valence-corrected chi connectivity index (χ1v) is 9.88. The van der Waals surface area contributed by atoms with Crippen molar-refractivity contribution in [1.29, 1.82) is 0 Å². The van der Waals surface area contributed by atoms with Crippen LogP contribution in [-0.2, 0) is 6.42 Å². The fourth-order valence-corrected chi connectivity index (χ4v) is 4.26. The minimum Gasteiger partial charge on any atom is -0.314 e. The van der Waals surface area contributed by atoms with Gasteiger partial charge in [0.15, 0.2) is 0 Å². The van der Waals surface area contributed by atoms with Crippen LogP contribution in [0.4, 0.5) is 0 Å². The van der Waals surface area contributed by atoms with Gasteiger partial charge < -0.3 is 4.57 Å². The van der Waals surface area contributed by atoms with Gasteiger partial charge in [-0.05, 0) is 73.7 Å². The van der Waals surface area contributed by atoms with Crippen molar-refractivity contribution in [2.24, 2.45) is 0 Å². The van der Waals surface area contributed by atoms with E-state index >= 15 is 0 Å². The molecule has 0 unspecified atom stereocenters. The first kappa shape index (κ1) is 17.1. The summed E-state index contributed by atoms with van der Waals surface area (Å²) in [7, 11) is 0. The summed E-state index contributed by atoms with van der Waals surface area (Å²) in [4.78, 5) is 0. The molecule has 1 heterocycles. The van der Waals surface area contributed by atoms with Crippen molar-refractivity contribution in [2.45, 2.75) is 26.7 Å².